The highest BCUT2D eigenvalue weighted by atomic mass is 16.5. The second kappa shape index (κ2) is 8.36. The molecule has 1 aliphatic rings. The molecule has 1 rings (SSSR count). The molecule has 0 spiro atoms. The zero-order valence-electron chi connectivity index (χ0n) is 14.5. The molecule has 6 heteroatoms. The molecule has 0 saturated heterocycles. The Morgan fingerprint density at radius 3 is 2.61 bits per heavy atom. The minimum Gasteiger partial charge on any atom is -0.481 e. The van der Waals surface area contributed by atoms with E-state index in [0.29, 0.717) is 12.8 Å². The number of carboxylic acid groups (broad SMARTS) is 1. The van der Waals surface area contributed by atoms with Gasteiger partial charge < -0.3 is 26.0 Å². The maximum absolute atomic E-state index is 11.4. The molecule has 0 aromatic heterocycles. The fourth-order valence-electron chi connectivity index (χ4n) is 2.47. The minimum absolute atomic E-state index is 0.134. The van der Waals surface area contributed by atoms with E-state index in [0.717, 1.165) is 18.5 Å². The average Bonchev–Trinajstić information content (AvgIpc) is 2.48. The third-order valence-corrected chi connectivity index (χ3v) is 4.10. The van der Waals surface area contributed by atoms with Crippen LogP contribution in [0, 0.1) is 5.92 Å². The van der Waals surface area contributed by atoms with Crippen LogP contribution in [0.25, 0.3) is 0 Å². The Morgan fingerprint density at radius 1 is 1.52 bits per heavy atom. The molecule has 23 heavy (non-hydrogen) atoms. The van der Waals surface area contributed by atoms with Gasteiger partial charge in [0.05, 0.1) is 29.4 Å². The summed E-state index contributed by atoms with van der Waals surface area (Å²) in [5.41, 5.74) is 5.71. The van der Waals surface area contributed by atoms with Gasteiger partial charge in [0.1, 0.15) is 0 Å². The van der Waals surface area contributed by atoms with Crippen LogP contribution in [0.15, 0.2) is 23.7 Å². The standard InChI is InChI=1S/C17H30N2O4/c1-5-13(6-2)23-14-8-11(16(20)21)7-12(9-14)19-10-15(18)17(3,4)22/h7,10-11,13-14,19,22H,5-6,8-9,18H2,1-4H3,(H,20,21)/b15-10-. The molecule has 5 N–H and O–H groups in total. The van der Waals surface area contributed by atoms with Crippen molar-refractivity contribution in [3.05, 3.63) is 23.7 Å². The number of hydrogen-bond donors (Lipinski definition) is 4. The van der Waals surface area contributed by atoms with Gasteiger partial charge in [-0.05, 0) is 33.1 Å². The molecule has 0 bridgehead atoms. The molecule has 0 aliphatic heterocycles. The van der Waals surface area contributed by atoms with E-state index >= 15 is 0 Å². The van der Waals surface area contributed by atoms with Gasteiger partial charge >= 0.3 is 5.97 Å². The SMILES string of the molecule is CCC(CC)OC1CC(N/C=C(\N)C(C)(C)O)=CC(C(=O)O)C1. The Hall–Kier alpha value is -1.53. The van der Waals surface area contributed by atoms with E-state index in [-0.39, 0.29) is 17.9 Å². The van der Waals surface area contributed by atoms with Crippen LogP contribution in [0.3, 0.4) is 0 Å². The first-order valence-corrected chi connectivity index (χ1v) is 8.21. The Balaban J connectivity index is 2.82. The van der Waals surface area contributed by atoms with Crippen LogP contribution in [0.4, 0.5) is 0 Å². The van der Waals surface area contributed by atoms with E-state index in [1.807, 2.05) is 0 Å². The number of ether oxygens (including phenoxy) is 1. The van der Waals surface area contributed by atoms with Crippen molar-refractivity contribution in [3.63, 3.8) is 0 Å². The second-order valence-corrected chi connectivity index (χ2v) is 6.58. The van der Waals surface area contributed by atoms with Crippen molar-refractivity contribution in [2.24, 2.45) is 11.7 Å². The number of aliphatic hydroxyl groups is 1. The van der Waals surface area contributed by atoms with Crippen LogP contribution in [0.2, 0.25) is 0 Å². The lowest BCUT2D eigenvalue weighted by molar-refractivity contribution is -0.142. The van der Waals surface area contributed by atoms with E-state index in [1.165, 1.54) is 6.20 Å². The Labute approximate surface area is 138 Å². The topological polar surface area (TPSA) is 105 Å². The molecule has 132 valence electrons. The van der Waals surface area contributed by atoms with Gasteiger partial charge in [0, 0.05) is 18.3 Å². The highest BCUT2D eigenvalue weighted by Crippen LogP contribution is 2.27. The molecule has 1 aliphatic carbocycles. The van der Waals surface area contributed by atoms with Gasteiger partial charge in [-0.1, -0.05) is 19.9 Å². The van der Waals surface area contributed by atoms with Crippen LogP contribution < -0.4 is 11.1 Å². The predicted octanol–water partition coefficient (Wildman–Crippen LogP) is 2.10. The second-order valence-electron chi connectivity index (χ2n) is 6.58. The number of carbonyl (C=O) groups is 1. The molecule has 0 fully saturated rings. The van der Waals surface area contributed by atoms with Crippen molar-refractivity contribution in [2.75, 3.05) is 0 Å². The smallest absolute Gasteiger partial charge is 0.310 e. The lowest BCUT2D eigenvalue weighted by atomic mass is 9.91. The van der Waals surface area contributed by atoms with Crippen molar-refractivity contribution in [1.29, 1.82) is 0 Å². The highest BCUT2D eigenvalue weighted by Gasteiger charge is 2.29. The number of rotatable bonds is 8. The number of nitrogens with one attached hydrogen (secondary N) is 1. The molecule has 0 heterocycles. The van der Waals surface area contributed by atoms with Crippen LogP contribution in [-0.2, 0) is 9.53 Å². The summed E-state index contributed by atoms with van der Waals surface area (Å²) in [6.07, 6.45) is 6.12. The van der Waals surface area contributed by atoms with Gasteiger partial charge in [0.15, 0.2) is 0 Å². The van der Waals surface area contributed by atoms with Gasteiger partial charge in [0.2, 0.25) is 0 Å². The summed E-state index contributed by atoms with van der Waals surface area (Å²) in [6, 6.07) is 0. The van der Waals surface area contributed by atoms with Gasteiger partial charge in [-0.2, -0.15) is 0 Å². The van der Waals surface area contributed by atoms with Gasteiger partial charge in [-0.3, -0.25) is 4.79 Å². The molecule has 2 atom stereocenters. The Kier molecular flexibility index (Phi) is 7.09. The van der Waals surface area contributed by atoms with Crippen LogP contribution in [0.1, 0.15) is 53.4 Å². The van der Waals surface area contributed by atoms with Crippen molar-refractivity contribution < 1.29 is 19.7 Å². The van der Waals surface area contributed by atoms with Gasteiger partial charge in [-0.15, -0.1) is 0 Å². The average molecular weight is 326 g/mol. The van der Waals surface area contributed by atoms with Crippen LogP contribution in [-0.4, -0.2) is 34.0 Å². The van der Waals surface area contributed by atoms with E-state index in [1.54, 1.807) is 19.9 Å². The fraction of sp³-hybridized carbons (Fsp3) is 0.706. The summed E-state index contributed by atoms with van der Waals surface area (Å²) in [4.78, 5) is 11.4. The zero-order chi connectivity index (χ0) is 17.6. The molecular weight excluding hydrogens is 296 g/mol. The Morgan fingerprint density at radius 2 is 2.13 bits per heavy atom. The predicted molar refractivity (Wildman–Crippen MR) is 89.4 cm³/mol. The van der Waals surface area contributed by atoms with Crippen molar-refractivity contribution in [3.8, 4) is 0 Å². The van der Waals surface area contributed by atoms with Crippen LogP contribution in [0.5, 0.6) is 0 Å². The maximum atomic E-state index is 11.4. The molecule has 6 nitrogen and oxygen atoms in total. The van der Waals surface area contributed by atoms with E-state index < -0.39 is 17.5 Å². The van der Waals surface area contributed by atoms with Crippen molar-refractivity contribution in [2.45, 2.75) is 71.2 Å². The van der Waals surface area contributed by atoms with Gasteiger partial charge in [0.25, 0.3) is 0 Å². The first kappa shape index (κ1) is 19.5. The molecule has 0 amide bonds. The lowest BCUT2D eigenvalue weighted by Gasteiger charge is -2.30. The summed E-state index contributed by atoms with van der Waals surface area (Å²) >= 11 is 0. The monoisotopic (exact) mass is 326 g/mol. The van der Waals surface area contributed by atoms with Crippen LogP contribution >= 0.6 is 0 Å². The minimum atomic E-state index is -1.13. The first-order valence-electron chi connectivity index (χ1n) is 8.21. The number of nitrogens with two attached hydrogens (primary N) is 1. The number of hydrogen-bond acceptors (Lipinski definition) is 5. The summed E-state index contributed by atoms with van der Waals surface area (Å²) in [7, 11) is 0. The van der Waals surface area contributed by atoms with Crippen molar-refractivity contribution in [1.82, 2.24) is 5.32 Å². The highest BCUT2D eigenvalue weighted by molar-refractivity contribution is 5.72. The number of carboxylic acids is 1. The van der Waals surface area contributed by atoms with Gasteiger partial charge in [-0.25, -0.2) is 0 Å². The fourth-order valence-corrected chi connectivity index (χ4v) is 2.47. The largest absolute Gasteiger partial charge is 0.481 e. The van der Waals surface area contributed by atoms with E-state index in [9.17, 15) is 15.0 Å². The Bertz CT molecular complexity index is 462. The third-order valence-electron chi connectivity index (χ3n) is 4.10. The van der Waals surface area contributed by atoms with Crippen molar-refractivity contribution >= 4 is 5.97 Å². The van der Waals surface area contributed by atoms with E-state index in [4.69, 9.17) is 10.5 Å². The number of aliphatic carboxylic acids is 1. The normalized spacial score (nSPS) is 22.9. The summed E-state index contributed by atoms with van der Waals surface area (Å²) in [5, 5.41) is 22.2. The summed E-state index contributed by atoms with van der Waals surface area (Å²) in [6.45, 7) is 7.31. The maximum Gasteiger partial charge on any atom is 0.310 e. The first-order chi connectivity index (χ1) is 10.7. The molecule has 2 unspecified atom stereocenters. The quantitative estimate of drug-likeness (QED) is 0.544. The molecule has 0 aromatic rings. The third kappa shape index (κ3) is 6.23. The lowest BCUT2D eigenvalue weighted by Crippen LogP contribution is -2.33. The zero-order valence-corrected chi connectivity index (χ0v) is 14.5. The molecule has 0 saturated carbocycles. The molecule has 0 aromatic carbocycles. The summed E-state index contributed by atoms with van der Waals surface area (Å²) < 4.78 is 6.03. The molecule has 0 radical (unpaired) electrons. The summed E-state index contributed by atoms with van der Waals surface area (Å²) in [5.74, 6) is -1.44. The van der Waals surface area contributed by atoms with E-state index in [2.05, 4.69) is 19.2 Å². The molecular formula is C17H30N2O4.